The van der Waals surface area contributed by atoms with Crippen LogP contribution in [-0.4, -0.2) is 26.7 Å². The van der Waals surface area contributed by atoms with Crippen LogP contribution in [0.1, 0.15) is 28.8 Å². The van der Waals surface area contributed by atoms with E-state index in [-0.39, 0.29) is 10.8 Å². The van der Waals surface area contributed by atoms with E-state index < -0.39 is 10.0 Å². The second-order valence-electron chi connectivity index (χ2n) is 7.46. The molecule has 0 aliphatic carbocycles. The van der Waals surface area contributed by atoms with E-state index in [1.807, 2.05) is 0 Å². The zero-order valence-corrected chi connectivity index (χ0v) is 19.2. The molecule has 7 nitrogen and oxygen atoms in total. The predicted octanol–water partition coefficient (Wildman–Crippen LogP) is 4.64. The summed E-state index contributed by atoms with van der Waals surface area (Å²) >= 11 is 5.87. The molecule has 0 saturated heterocycles. The number of halogens is 1. The number of ether oxygens (including phenoxy) is 1. The summed E-state index contributed by atoms with van der Waals surface area (Å²) in [5, 5.41) is 3.38. The Morgan fingerprint density at radius 3 is 2.48 bits per heavy atom. The van der Waals surface area contributed by atoms with E-state index in [9.17, 15) is 13.2 Å². The lowest BCUT2D eigenvalue weighted by atomic mass is 10.1. The van der Waals surface area contributed by atoms with Crippen LogP contribution in [0.4, 0.5) is 5.69 Å². The Hall–Kier alpha value is -3.36. The minimum absolute atomic E-state index is 0.0598. The van der Waals surface area contributed by atoms with Crippen molar-refractivity contribution in [3.63, 3.8) is 0 Å². The second kappa shape index (κ2) is 10.1. The predicted molar refractivity (Wildman–Crippen MR) is 128 cm³/mol. The Balaban J connectivity index is 1.37. The lowest BCUT2D eigenvalue weighted by Gasteiger charge is -2.10. The lowest BCUT2D eigenvalue weighted by Crippen LogP contribution is -2.29. The largest absolute Gasteiger partial charge is 0.489 e. The fraction of sp³-hybridized carbons (Fsp3) is 0.167. The standard InChI is InChI=1S/C24H22ClN3O4S/c25-19-10-12-21(13-11-19)32-16-17-6-8-18(9-7-17)24(29)27-20-3-1-4-22(15-20)33(30,31)28-23-5-2-14-26-23/h1,3-4,6-13,15H,2,5,14,16H2,(H,26,28)(H,27,29). The molecule has 0 fully saturated rings. The highest BCUT2D eigenvalue weighted by molar-refractivity contribution is 7.90. The summed E-state index contributed by atoms with van der Waals surface area (Å²) in [7, 11) is -3.76. The van der Waals surface area contributed by atoms with Gasteiger partial charge in [-0.15, -0.1) is 0 Å². The highest BCUT2D eigenvalue weighted by Crippen LogP contribution is 2.19. The summed E-state index contributed by atoms with van der Waals surface area (Å²) < 4.78 is 33.4. The van der Waals surface area contributed by atoms with Crippen molar-refractivity contribution >= 4 is 39.1 Å². The summed E-state index contributed by atoms with van der Waals surface area (Å²) in [4.78, 5) is 16.8. The van der Waals surface area contributed by atoms with Crippen molar-refractivity contribution in [1.82, 2.24) is 4.72 Å². The zero-order valence-electron chi connectivity index (χ0n) is 17.6. The van der Waals surface area contributed by atoms with Gasteiger partial charge in [0.15, 0.2) is 0 Å². The van der Waals surface area contributed by atoms with Gasteiger partial charge in [-0.05, 0) is 66.6 Å². The molecule has 170 valence electrons. The van der Waals surface area contributed by atoms with Gasteiger partial charge >= 0.3 is 0 Å². The van der Waals surface area contributed by atoms with Crippen LogP contribution in [-0.2, 0) is 16.6 Å². The Labute approximate surface area is 197 Å². The van der Waals surface area contributed by atoms with Gasteiger partial charge in [-0.3, -0.25) is 14.5 Å². The van der Waals surface area contributed by atoms with E-state index in [2.05, 4.69) is 15.0 Å². The van der Waals surface area contributed by atoms with Gasteiger partial charge in [0, 0.05) is 29.2 Å². The van der Waals surface area contributed by atoms with E-state index in [0.29, 0.717) is 47.4 Å². The third-order valence-electron chi connectivity index (χ3n) is 4.96. The smallest absolute Gasteiger partial charge is 0.262 e. The monoisotopic (exact) mass is 483 g/mol. The summed E-state index contributed by atoms with van der Waals surface area (Å²) in [6.07, 6.45) is 1.44. The molecule has 0 radical (unpaired) electrons. The lowest BCUT2D eigenvalue weighted by molar-refractivity contribution is 0.102. The zero-order chi connectivity index (χ0) is 23.3. The number of benzene rings is 3. The Morgan fingerprint density at radius 1 is 1.03 bits per heavy atom. The normalized spacial score (nSPS) is 13.3. The first kappa shape index (κ1) is 22.8. The number of hydrogen-bond donors (Lipinski definition) is 2. The van der Waals surface area contributed by atoms with Gasteiger partial charge < -0.3 is 10.1 Å². The summed E-state index contributed by atoms with van der Waals surface area (Å²) in [5.74, 6) is 0.818. The molecule has 4 rings (SSSR count). The molecule has 9 heteroatoms. The van der Waals surface area contributed by atoms with Gasteiger partial charge in [-0.2, -0.15) is 0 Å². The van der Waals surface area contributed by atoms with E-state index >= 15 is 0 Å². The fourth-order valence-electron chi connectivity index (χ4n) is 3.23. The molecule has 0 unspecified atom stereocenters. The van der Waals surface area contributed by atoms with Gasteiger partial charge in [0.25, 0.3) is 15.9 Å². The molecule has 33 heavy (non-hydrogen) atoms. The number of nitrogens with one attached hydrogen (secondary N) is 2. The average Bonchev–Trinajstić information content (AvgIpc) is 3.31. The number of amidine groups is 1. The van der Waals surface area contributed by atoms with Gasteiger partial charge in [-0.1, -0.05) is 29.8 Å². The van der Waals surface area contributed by atoms with Crippen LogP contribution in [0.3, 0.4) is 0 Å². The molecule has 0 aromatic heterocycles. The van der Waals surface area contributed by atoms with E-state index in [4.69, 9.17) is 16.3 Å². The van der Waals surface area contributed by atoms with Crippen LogP contribution in [0.25, 0.3) is 0 Å². The topological polar surface area (TPSA) is 96.9 Å². The number of sulfonamides is 1. The molecule has 1 aliphatic heterocycles. The van der Waals surface area contributed by atoms with Crippen LogP contribution >= 0.6 is 11.6 Å². The number of anilines is 1. The highest BCUT2D eigenvalue weighted by Gasteiger charge is 2.19. The summed E-state index contributed by atoms with van der Waals surface area (Å²) in [6.45, 7) is 0.974. The number of carbonyl (C=O) groups is 1. The van der Waals surface area contributed by atoms with Crippen LogP contribution in [0.2, 0.25) is 5.02 Å². The number of carbonyl (C=O) groups excluding carboxylic acids is 1. The third-order valence-corrected chi connectivity index (χ3v) is 6.59. The van der Waals surface area contributed by atoms with Crippen LogP contribution in [0, 0.1) is 0 Å². The van der Waals surface area contributed by atoms with Crippen molar-refractivity contribution in [3.05, 3.63) is 88.9 Å². The number of rotatable bonds is 7. The minimum atomic E-state index is -3.76. The Morgan fingerprint density at radius 2 is 1.79 bits per heavy atom. The molecule has 0 atom stereocenters. The fourth-order valence-corrected chi connectivity index (χ4v) is 4.49. The first-order valence-electron chi connectivity index (χ1n) is 10.3. The van der Waals surface area contributed by atoms with E-state index in [1.54, 1.807) is 60.7 Å². The van der Waals surface area contributed by atoms with Gasteiger partial charge in [0.1, 0.15) is 18.2 Å². The van der Waals surface area contributed by atoms with Crippen molar-refractivity contribution in [2.24, 2.45) is 4.99 Å². The average molecular weight is 484 g/mol. The number of hydrogen-bond acceptors (Lipinski definition) is 5. The van der Waals surface area contributed by atoms with Crippen LogP contribution < -0.4 is 14.8 Å². The Kier molecular flexibility index (Phi) is 6.96. The first-order chi connectivity index (χ1) is 15.9. The van der Waals surface area contributed by atoms with Gasteiger partial charge in [-0.25, -0.2) is 8.42 Å². The molecule has 0 saturated carbocycles. The molecule has 1 heterocycles. The highest BCUT2D eigenvalue weighted by atomic mass is 35.5. The molecule has 2 N–H and O–H groups in total. The second-order valence-corrected chi connectivity index (χ2v) is 9.58. The first-order valence-corrected chi connectivity index (χ1v) is 12.2. The van der Waals surface area contributed by atoms with Crippen molar-refractivity contribution in [2.45, 2.75) is 24.3 Å². The minimum Gasteiger partial charge on any atom is -0.489 e. The molecular formula is C24H22ClN3O4S. The Bertz CT molecular complexity index is 1270. The van der Waals surface area contributed by atoms with Gasteiger partial charge in [0.05, 0.1) is 4.90 Å². The van der Waals surface area contributed by atoms with E-state index in [1.165, 1.54) is 12.1 Å². The van der Waals surface area contributed by atoms with Crippen molar-refractivity contribution in [2.75, 3.05) is 11.9 Å². The molecule has 0 bridgehead atoms. The van der Waals surface area contributed by atoms with Crippen LogP contribution in [0.15, 0.2) is 82.7 Å². The number of amides is 1. The molecular weight excluding hydrogens is 462 g/mol. The number of aliphatic imine (C=N–C) groups is 1. The van der Waals surface area contributed by atoms with Crippen molar-refractivity contribution < 1.29 is 17.9 Å². The molecule has 0 spiro atoms. The maximum atomic E-state index is 12.6. The van der Waals surface area contributed by atoms with Gasteiger partial charge in [0.2, 0.25) is 0 Å². The van der Waals surface area contributed by atoms with Crippen molar-refractivity contribution in [3.8, 4) is 5.75 Å². The molecule has 3 aromatic carbocycles. The summed E-state index contributed by atoms with van der Waals surface area (Å²) in [5.41, 5.74) is 1.72. The number of nitrogens with zero attached hydrogens (tertiary/aromatic N) is 1. The summed E-state index contributed by atoms with van der Waals surface area (Å²) in [6, 6.07) is 20.2. The molecule has 1 amide bonds. The maximum Gasteiger partial charge on any atom is 0.262 e. The third kappa shape index (κ3) is 6.12. The quantitative estimate of drug-likeness (QED) is 0.511. The van der Waals surface area contributed by atoms with Crippen LogP contribution in [0.5, 0.6) is 5.75 Å². The van der Waals surface area contributed by atoms with Crippen molar-refractivity contribution in [1.29, 1.82) is 0 Å². The maximum absolute atomic E-state index is 12.6. The molecule has 1 aliphatic rings. The SMILES string of the molecule is O=C(Nc1cccc(S(=O)(=O)NC2=NCCC2)c1)c1ccc(COc2ccc(Cl)cc2)cc1. The molecule has 3 aromatic rings. The van der Waals surface area contributed by atoms with E-state index in [0.717, 1.165) is 12.0 Å².